The molecular weight excluding hydrogens is 562 g/mol. The van der Waals surface area contributed by atoms with Gasteiger partial charge in [0.15, 0.2) is 0 Å². The minimum atomic E-state index is -0.829. The first-order chi connectivity index (χ1) is 16.7. The first kappa shape index (κ1) is 26.2. The molecule has 0 unspecified atom stereocenters. The monoisotopic (exact) mass is 579 g/mol. The van der Waals surface area contributed by atoms with Crippen LogP contribution in [-0.2, 0) is 9.47 Å². The molecule has 0 atom stereocenters. The van der Waals surface area contributed by atoms with Gasteiger partial charge in [0, 0.05) is 22.3 Å². The molecule has 0 aliphatic rings. The molecule has 13 heteroatoms. The maximum atomic E-state index is 12.9. The first-order valence-corrected chi connectivity index (χ1v) is 12.5. The van der Waals surface area contributed by atoms with Crippen molar-refractivity contribution in [3.05, 3.63) is 72.6 Å². The maximum Gasteiger partial charge on any atom is 0.342 e. The summed E-state index contributed by atoms with van der Waals surface area (Å²) in [6.45, 7) is 3.29. The summed E-state index contributed by atoms with van der Waals surface area (Å²) in [5, 5.41) is 13.7. The summed E-state index contributed by atoms with van der Waals surface area (Å²) < 4.78 is 10.9. The molecule has 3 rings (SSSR count). The van der Waals surface area contributed by atoms with Crippen LogP contribution in [0.5, 0.6) is 0 Å². The fraction of sp³-hybridized carbons (Fsp3) is 0.182. The Balaban J connectivity index is 2.09. The number of halogens is 1. The van der Waals surface area contributed by atoms with Gasteiger partial charge in [0.1, 0.15) is 21.1 Å². The van der Waals surface area contributed by atoms with Crippen LogP contribution in [0.3, 0.4) is 0 Å². The number of nitrogens with one attached hydrogen (secondary N) is 1. The van der Waals surface area contributed by atoms with E-state index in [1.807, 2.05) is 0 Å². The maximum absolute atomic E-state index is 12.9. The van der Waals surface area contributed by atoms with Gasteiger partial charge in [0.2, 0.25) is 0 Å². The quantitative estimate of drug-likeness (QED) is 0.145. The molecule has 10 nitrogen and oxygen atoms in total. The summed E-state index contributed by atoms with van der Waals surface area (Å²) in [5.41, 5.74) is -0.0266. The highest BCUT2D eigenvalue weighted by atomic mass is 79.9. The number of anilines is 1. The summed E-state index contributed by atoms with van der Waals surface area (Å²) in [7, 11) is 0. The van der Waals surface area contributed by atoms with Crippen LogP contribution >= 0.6 is 38.6 Å². The molecule has 2 aromatic heterocycles. The zero-order valence-electron chi connectivity index (χ0n) is 18.4. The molecule has 35 heavy (non-hydrogen) atoms. The van der Waals surface area contributed by atoms with Crippen molar-refractivity contribution < 1.29 is 28.8 Å². The number of benzene rings is 1. The number of nitrogens with zero attached hydrogens (tertiary/aromatic N) is 2. The van der Waals surface area contributed by atoms with Gasteiger partial charge in [-0.15, -0.1) is 0 Å². The number of ether oxygens (including phenoxy) is 2. The predicted octanol–water partition coefficient (Wildman–Crippen LogP) is 5.84. The standard InChI is InChI=1S/C22H18BrN3O7S2/c1-3-32-21(28)16-17(22(29)33-4-2)20(25-18(27)12-6-5-7-13(23)10-12)35-19(16)24-11-14-8-9-15(34-14)26(30)31/h5-11H,3-4H2,1-2H3,(H,25,27). The van der Waals surface area contributed by atoms with Crippen molar-refractivity contribution in [3.8, 4) is 0 Å². The Morgan fingerprint density at radius 3 is 2.37 bits per heavy atom. The average Bonchev–Trinajstić information content (AvgIpc) is 3.43. The molecule has 1 amide bonds. The lowest BCUT2D eigenvalue weighted by molar-refractivity contribution is -0.380. The predicted molar refractivity (Wildman–Crippen MR) is 137 cm³/mol. The van der Waals surface area contributed by atoms with Crippen LogP contribution in [-0.4, -0.2) is 42.2 Å². The van der Waals surface area contributed by atoms with Crippen molar-refractivity contribution in [2.75, 3.05) is 18.5 Å². The summed E-state index contributed by atoms with van der Waals surface area (Å²) in [6, 6.07) is 9.47. The van der Waals surface area contributed by atoms with Gasteiger partial charge in [-0.05, 0) is 38.1 Å². The van der Waals surface area contributed by atoms with Crippen LogP contribution in [0, 0.1) is 10.1 Å². The van der Waals surface area contributed by atoms with Crippen molar-refractivity contribution >= 4 is 77.7 Å². The molecule has 182 valence electrons. The fourth-order valence-electron chi connectivity index (χ4n) is 2.83. The first-order valence-electron chi connectivity index (χ1n) is 10.1. The Bertz CT molecular complexity index is 1320. The van der Waals surface area contributed by atoms with Gasteiger partial charge in [-0.3, -0.25) is 14.9 Å². The largest absolute Gasteiger partial charge is 0.462 e. The number of thiophene rings is 2. The van der Waals surface area contributed by atoms with Gasteiger partial charge in [-0.1, -0.05) is 44.7 Å². The van der Waals surface area contributed by atoms with E-state index in [0.29, 0.717) is 14.9 Å². The number of nitro groups is 1. The smallest absolute Gasteiger partial charge is 0.342 e. The molecule has 2 heterocycles. The zero-order valence-corrected chi connectivity index (χ0v) is 21.6. The van der Waals surface area contributed by atoms with Gasteiger partial charge < -0.3 is 14.8 Å². The minimum Gasteiger partial charge on any atom is -0.462 e. The van der Waals surface area contributed by atoms with E-state index in [-0.39, 0.29) is 39.3 Å². The molecule has 3 aromatic rings. The van der Waals surface area contributed by atoms with Crippen molar-refractivity contribution in [2.24, 2.45) is 4.99 Å². The van der Waals surface area contributed by atoms with E-state index in [4.69, 9.17) is 9.47 Å². The Labute approximate surface area is 215 Å². The highest BCUT2D eigenvalue weighted by molar-refractivity contribution is 9.10. The third-order valence-corrected chi connectivity index (χ3v) is 6.74. The van der Waals surface area contributed by atoms with Crippen LogP contribution in [0.15, 0.2) is 45.9 Å². The lowest BCUT2D eigenvalue weighted by atomic mass is 10.1. The summed E-state index contributed by atoms with van der Waals surface area (Å²) >= 11 is 5.08. The van der Waals surface area contributed by atoms with E-state index in [9.17, 15) is 24.5 Å². The number of rotatable bonds is 9. The average molecular weight is 580 g/mol. The second-order valence-corrected chi connectivity index (χ2v) is 9.59. The van der Waals surface area contributed by atoms with Crippen molar-refractivity contribution in [1.82, 2.24) is 0 Å². The van der Waals surface area contributed by atoms with Crippen LogP contribution in [0.1, 0.15) is 49.8 Å². The Morgan fingerprint density at radius 2 is 1.77 bits per heavy atom. The molecule has 0 saturated carbocycles. The van der Waals surface area contributed by atoms with E-state index >= 15 is 0 Å². The van der Waals surface area contributed by atoms with Crippen molar-refractivity contribution in [3.63, 3.8) is 0 Å². The van der Waals surface area contributed by atoms with Crippen LogP contribution in [0.4, 0.5) is 15.0 Å². The molecule has 1 aromatic carbocycles. The SMILES string of the molecule is CCOC(=O)c1c(N=Cc2ccc([N+](=O)[O-])s2)sc(NC(=O)c2cccc(Br)c2)c1C(=O)OCC. The Kier molecular flexibility index (Phi) is 8.84. The van der Waals surface area contributed by atoms with Gasteiger partial charge in [0.05, 0.1) is 23.0 Å². The van der Waals surface area contributed by atoms with Gasteiger partial charge in [0.25, 0.3) is 5.91 Å². The van der Waals surface area contributed by atoms with E-state index in [1.165, 1.54) is 18.3 Å². The van der Waals surface area contributed by atoms with E-state index in [1.54, 1.807) is 38.1 Å². The summed E-state index contributed by atoms with van der Waals surface area (Å²) in [6.07, 6.45) is 1.33. The lowest BCUT2D eigenvalue weighted by Crippen LogP contribution is -2.17. The molecule has 1 N–H and O–H groups in total. The van der Waals surface area contributed by atoms with Crippen LogP contribution in [0.2, 0.25) is 0 Å². The number of aliphatic imine (C=N–C) groups is 1. The normalized spacial score (nSPS) is 10.8. The topological polar surface area (TPSA) is 137 Å². The highest BCUT2D eigenvalue weighted by Gasteiger charge is 2.31. The van der Waals surface area contributed by atoms with Gasteiger partial charge in [-0.2, -0.15) is 0 Å². The molecule has 0 saturated heterocycles. The van der Waals surface area contributed by atoms with E-state index < -0.39 is 22.8 Å². The molecule has 0 bridgehead atoms. The fourth-order valence-corrected chi connectivity index (χ4v) is 4.94. The van der Waals surface area contributed by atoms with Crippen molar-refractivity contribution in [2.45, 2.75) is 13.8 Å². The second kappa shape index (κ2) is 11.8. The molecule has 0 radical (unpaired) electrons. The zero-order chi connectivity index (χ0) is 25.5. The second-order valence-electron chi connectivity index (χ2n) is 6.58. The molecule has 0 aliphatic heterocycles. The van der Waals surface area contributed by atoms with Gasteiger partial charge >= 0.3 is 16.9 Å². The van der Waals surface area contributed by atoms with E-state index in [0.717, 1.165) is 22.7 Å². The van der Waals surface area contributed by atoms with Crippen LogP contribution in [0.25, 0.3) is 0 Å². The number of esters is 2. The molecule has 0 aliphatic carbocycles. The number of carbonyl (C=O) groups excluding carboxylic acids is 3. The third kappa shape index (κ3) is 6.38. The molecular formula is C22H18BrN3O7S2. The number of amides is 1. The molecule has 0 fully saturated rings. The van der Waals surface area contributed by atoms with Crippen molar-refractivity contribution in [1.29, 1.82) is 0 Å². The minimum absolute atomic E-state index is 0.0351. The third-order valence-electron chi connectivity index (χ3n) is 4.26. The number of carbonyl (C=O) groups is 3. The lowest BCUT2D eigenvalue weighted by Gasteiger charge is -2.08. The summed E-state index contributed by atoms with van der Waals surface area (Å²) in [5.74, 6) is -2.17. The van der Waals surface area contributed by atoms with Crippen LogP contribution < -0.4 is 5.32 Å². The molecule has 0 spiro atoms. The Hall–Kier alpha value is -3.42. The van der Waals surface area contributed by atoms with E-state index in [2.05, 4.69) is 26.2 Å². The van der Waals surface area contributed by atoms with Gasteiger partial charge in [-0.25, -0.2) is 14.6 Å². The summed E-state index contributed by atoms with van der Waals surface area (Å²) in [4.78, 5) is 53.7. The number of hydrogen-bond donors (Lipinski definition) is 1. The Morgan fingerprint density at radius 1 is 1.09 bits per heavy atom. The highest BCUT2D eigenvalue weighted by Crippen LogP contribution is 2.41. The number of hydrogen-bond acceptors (Lipinski definition) is 10.